The van der Waals surface area contributed by atoms with E-state index in [1.54, 1.807) is 7.11 Å². The Morgan fingerprint density at radius 3 is 2.87 bits per heavy atom. The predicted molar refractivity (Wildman–Crippen MR) is 60.5 cm³/mol. The van der Waals surface area contributed by atoms with Crippen LogP contribution in [0.1, 0.15) is 33.1 Å². The highest BCUT2D eigenvalue weighted by molar-refractivity contribution is 5.10. The standard InChI is InChI=1S/C11H19N3O/c1-11(2,15-3)10-6-4-9(5-7-10)8-13-14-12/h4,10H,5-8H2,1-3H3/t10-/m0/s1. The van der Waals surface area contributed by atoms with Gasteiger partial charge in [-0.1, -0.05) is 16.8 Å². The lowest BCUT2D eigenvalue weighted by Crippen LogP contribution is -2.34. The van der Waals surface area contributed by atoms with Crippen molar-refractivity contribution in [3.63, 3.8) is 0 Å². The van der Waals surface area contributed by atoms with E-state index in [9.17, 15) is 0 Å². The van der Waals surface area contributed by atoms with Gasteiger partial charge in [0.2, 0.25) is 0 Å². The van der Waals surface area contributed by atoms with Crippen molar-refractivity contribution in [2.24, 2.45) is 11.0 Å². The summed E-state index contributed by atoms with van der Waals surface area (Å²) >= 11 is 0. The Labute approximate surface area is 90.9 Å². The van der Waals surface area contributed by atoms with E-state index in [1.165, 1.54) is 5.57 Å². The summed E-state index contributed by atoms with van der Waals surface area (Å²) in [6, 6.07) is 0. The maximum Gasteiger partial charge on any atom is 0.0653 e. The molecular weight excluding hydrogens is 190 g/mol. The second-order valence-electron chi connectivity index (χ2n) is 4.53. The van der Waals surface area contributed by atoms with Gasteiger partial charge in [-0.3, -0.25) is 0 Å². The molecule has 4 heteroatoms. The van der Waals surface area contributed by atoms with Crippen LogP contribution in [-0.2, 0) is 4.74 Å². The van der Waals surface area contributed by atoms with Gasteiger partial charge < -0.3 is 4.74 Å². The molecule has 0 bridgehead atoms. The van der Waals surface area contributed by atoms with Gasteiger partial charge in [0.15, 0.2) is 0 Å². The van der Waals surface area contributed by atoms with Gasteiger partial charge in [-0.05, 0) is 44.6 Å². The summed E-state index contributed by atoms with van der Waals surface area (Å²) in [5.74, 6) is 0.567. The number of rotatable bonds is 4. The average Bonchev–Trinajstić information content (AvgIpc) is 2.27. The summed E-state index contributed by atoms with van der Waals surface area (Å²) in [7, 11) is 1.76. The number of hydrogen-bond donors (Lipinski definition) is 0. The molecule has 0 unspecified atom stereocenters. The van der Waals surface area contributed by atoms with Crippen LogP contribution in [0.4, 0.5) is 0 Å². The molecule has 1 rings (SSSR count). The molecule has 0 saturated carbocycles. The smallest absolute Gasteiger partial charge is 0.0653 e. The van der Waals surface area contributed by atoms with Gasteiger partial charge >= 0.3 is 0 Å². The van der Waals surface area contributed by atoms with E-state index in [4.69, 9.17) is 10.3 Å². The molecule has 1 aliphatic carbocycles. The highest BCUT2D eigenvalue weighted by Crippen LogP contribution is 2.33. The second-order valence-corrected chi connectivity index (χ2v) is 4.53. The van der Waals surface area contributed by atoms with Crippen LogP contribution < -0.4 is 0 Å². The van der Waals surface area contributed by atoms with Crippen molar-refractivity contribution in [3.05, 3.63) is 22.1 Å². The SMILES string of the molecule is COC(C)(C)[C@H]1CC=C(CN=[N+]=[N-])CC1. The fourth-order valence-corrected chi connectivity index (χ4v) is 1.95. The normalized spacial score (nSPS) is 21.8. The number of nitrogens with zero attached hydrogens (tertiary/aromatic N) is 3. The molecule has 0 N–H and O–H groups in total. The zero-order valence-corrected chi connectivity index (χ0v) is 9.73. The van der Waals surface area contributed by atoms with E-state index in [0.717, 1.165) is 19.3 Å². The Morgan fingerprint density at radius 2 is 2.40 bits per heavy atom. The number of allylic oxidation sites excluding steroid dienone is 1. The maximum atomic E-state index is 8.23. The van der Waals surface area contributed by atoms with Crippen LogP contribution >= 0.6 is 0 Å². The van der Waals surface area contributed by atoms with Crippen molar-refractivity contribution >= 4 is 0 Å². The highest BCUT2D eigenvalue weighted by atomic mass is 16.5. The van der Waals surface area contributed by atoms with Crippen LogP contribution in [0.3, 0.4) is 0 Å². The van der Waals surface area contributed by atoms with Crippen molar-refractivity contribution in [2.75, 3.05) is 13.7 Å². The first-order valence-corrected chi connectivity index (χ1v) is 5.34. The van der Waals surface area contributed by atoms with E-state index in [2.05, 4.69) is 29.9 Å². The van der Waals surface area contributed by atoms with Gasteiger partial charge in [-0.25, -0.2) is 0 Å². The zero-order chi connectivity index (χ0) is 11.3. The highest BCUT2D eigenvalue weighted by Gasteiger charge is 2.29. The second kappa shape index (κ2) is 5.19. The van der Waals surface area contributed by atoms with E-state index in [1.807, 2.05) is 0 Å². The summed E-state index contributed by atoms with van der Waals surface area (Å²) in [4.78, 5) is 2.77. The Balaban J connectivity index is 2.54. The Kier molecular flexibility index (Phi) is 4.18. The van der Waals surface area contributed by atoms with Gasteiger partial charge in [0.05, 0.1) is 5.60 Å². The maximum absolute atomic E-state index is 8.23. The molecule has 0 spiro atoms. The number of ether oxygens (including phenoxy) is 1. The Bertz CT molecular complexity index is 290. The molecular formula is C11H19N3O. The molecule has 1 aliphatic rings. The molecule has 84 valence electrons. The molecule has 1 atom stereocenters. The summed E-state index contributed by atoms with van der Waals surface area (Å²) in [6.45, 7) is 4.78. The van der Waals surface area contributed by atoms with E-state index in [0.29, 0.717) is 12.5 Å². The quantitative estimate of drug-likeness (QED) is 0.303. The lowest BCUT2D eigenvalue weighted by Gasteiger charge is -2.35. The third-order valence-corrected chi connectivity index (χ3v) is 3.35. The first-order valence-electron chi connectivity index (χ1n) is 5.34. The van der Waals surface area contributed by atoms with Crippen LogP contribution in [0.15, 0.2) is 16.8 Å². The van der Waals surface area contributed by atoms with Crippen molar-refractivity contribution in [1.82, 2.24) is 0 Å². The summed E-state index contributed by atoms with van der Waals surface area (Å²) < 4.78 is 5.48. The van der Waals surface area contributed by atoms with E-state index < -0.39 is 0 Å². The molecule has 4 nitrogen and oxygen atoms in total. The van der Waals surface area contributed by atoms with Crippen molar-refractivity contribution in [2.45, 2.75) is 38.7 Å². The lowest BCUT2D eigenvalue weighted by molar-refractivity contribution is -0.0312. The molecule has 0 amide bonds. The minimum atomic E-state index is -0.0550. The molecule has 0 aromatic rings. The first-order chi connectivity index (χ1) is 7.10. The van der Waals surface area contributed by atoms with Crippen LogP contribution in [0.2, 0.25) is 0 Å². The molecule has 0 heterocycles. The van der Waals surface area contributed by atoms with Crippen molar-refractivity contribution in [1.29, 1.82) is 0 Å². The van der Waals surface area contributed by atoms with E-state index in [-0.39, 0.29) is 5.60 Å². The molecule has 0 saturated heterocycles. The molecule has 15 heavy (non-hydrogen) atoms. The Hall–Kier alpha value is -0.990. The minimum absolute atomic E-state index is 0.0550. The molecule has 0 aliphatic heterocycles. The van der Waals surface area contributed by atoms with Gasteiger partial charge in [0.25, 0.3) is 0 Å². The van der Waals surface area contributed by atoms with Crippen LogP contribution in [-0.4, -0.2) is 19.3 Å². The molecule has 0 fully saturated rings. The molecule has 0 aromatic heterocycles. The van der Waals surface area contributed by atoms with Crippen molar-refractivity contribution < 1.29 is 4.74 Å². The molecule has 0 radical (unpaired) electrons. The van der Waals surface area contributed by atoms with Crippen LogP contribution in [0, 0.1) is 5.92 Å². The first kappa shape index (κ1) is 12.1. The summed E-state index contributed by atoms with van der Waals surface area (Å²) in [6.07, 6.45) is 5.37. The molecule has 0 aromatic carbocycles. The number of azide groups is 1. The third kappa shape index (κ3) is 3.26. The van der Waals surface area contributed by atoms with Gasteiger partial charge in [0.1, 0.15) is 0 Å². The third-order valence-electron chi connectivity index (χ3n) is 3.35. The van der Waals surface area contributed by atoms with Crippen LogP contribution in [0.5, 0.6) is 0 Å². The van der Waals surface area contributed by atoms with E-state index >= 15 is 0 Å². The fraction of sp³-hybridized carbons (Fsp3) is 0.818. The summed E-state index contributed by atoms with van der Waals surface area (Å²) in [5, 5.41) is 3.58. The lowest BCUT2D eigenvalue weighted by atomic mass is 9.79. The summed E-state index contributed by atoms with van der Waals surface area (Å²) in [5.41, 5.74) is 9.43. The zero-order valence-electron chi connectivity index (χ0n) is 9.73. The Morgan fingerprint density at radius 1 is 1.67 bits per heavy atom. The minimum Gasteiger partial charge on any atom is -0.379 e. The number of methoxy groups -OCH3 is 1. The predicted octanol–water partition coefficient (Wildman–Crippen LogP) is 3.45. The van der Waals surface area contributed by atoms with Gasteiger partial charge in [-0.15, -0.1) is 0 Å². The van der Waals surface area contributed by atoms with Crippen LogP contribution in [0.25, 0.3) is 10.4 Å². The fourth-order valence-electron chi connectivity index (χ4n) is 1.95. The van der Waals surface area contributed by atoms with Crippen molar-refractivity contribution in [3.8, 4) is 0 Å². The topological polar surface area (TPSA) is 58.0 Å². The number of hydrogen-bond acceptors (Lipinski definition) is 2. The van der Waals surface area contributed by atoms with Gasteiger partial charge in [0, 0.05) is 18.6 Å². The van der Waals surface area contributed by atoms with Gasteiger partial charge in [-0.2, -0.15) is 0 Å². The monoisotopic (exact) mass is 209 g/mol. The average molecular weight is 209 g/mol. The largest absolute Gasteiger partial charge is 0.379 e.